The molecule has 226 valence electrons. The molecule has 0 bridgehead atoms. The van der Waals surface area contributed by atoms with Gasteiger partial charge in [-0.05, 0) is 49.4 Å². The van der Waals surface area contributed by atoms with Crippen molar-refractivity contribution in [3.63, 3.8) is 0 Å². The summed E-state index contributed by atoms with van der Waals surface area (Å²) in [5.41, 5.74) is 2.19. The molecule has 0 saturated carbocycles. The molecule has 0 radical (unpaired) electrons. The Kier molecular flexibility index (Phi) is 11.1. The van der Waals surface area contributed by atoms with E-state index >= 15 is 0 Å². The largest absolute Gasteiger partial charge is 0.481 e. The van der Waals surface area contributed by atoms with Crippen LogP contribution in [0.4, 0.5) is 24.8 Å². The fraction of sp³-hybridized carbons (Fsp3) is 0.393. The van der Waals surface area contributed by atoms with Crippen molar-refractivity contribution >= 4 is 48.3 Å². The Labute approximate surface area is 253 Å². The molecule has 2 fully saturated rings. The molecule has 2 aliphatic heterocycles. The highest BCUT2D eigenvalue weighted by atomic mass is 35.5. The molecule has 1 aromatic carbocycles. The van der Waals surface area contributed by atoms with Gasteiger partial charge in [-0.2, -0.15) is 13.2 Å². The van der Waals surface area contributed by atoms with E-state index < -0.39 is 24.1 Å². The smallest absolute Gasteiger partial charge is 0.404 e. The van der Waals surface area contributed by atoms with Gasteiger partial charge in [0.25, 0.3) is 5.91 Å². The van der Waals surface area contributed by atoms with Gasteiger partial charge in [0.05, 0.1) is 18.3 Å². The number of pyridine rings is 1. The van der Waals surface area contributed by atoms with E-state index in [0.29, 0.717) is 55.8 Å². The van der Waals surface area contributed by atoms with Gasteiger partial charge in [0, 0.05) is 31.4 Å². The van der Waals surface area contributed by atoms with Crippen LogP contribution in [0, 0.1) is 5.92 Å². The molecule has 2 aromatic heterocycles. The maximum Gasteiger partial charge on any atom is 0.404 e. The summed E-state index contributed by atoms with van der Waals surface area (Å²) in [4.78, 5) is 40.4. The number of likely N-dealkylation sites (tertiary alicyclic amines) is 1. The van der Waals surface area contributed by atoms with Crippen molar-refractivity contribution in [2.45, 2.75) is 44.4 Å². The maximum atomic E-state index is 13.6. The van der Waals surface area contributed by atoms with Crippen molar-refractivity contribution in [3.05, 3.63) is 66.2 Å². The van der Waals surface area contributed by atoms with Crippen LogP contribution in [0.25, 0.3) is 11.1 Å². The minimum absolute atomic E-state index is 0. The lowest BCUT2D eigenvalue weighted by Gasteiger charge is -2.30. The number of carboxylic acids is 1. The van der Waals surface area contributed by atoms with Crippen LogP contribution in [0.15, 0.2) is 55.0 Å². The van der Waals surface area contributed by atoms with E-state index in [0.717, 1.165) is 5.56 Å². The first-order valence-corrected chi connectivity index (χ1v) is 13.2. The number of aliphatic carboxylic acids is 1. The standard InChI is InChI=1S/C28H29F3N6O3.2ClH/c29-28(30,31)23-7-4-10-37(23)17-20-13-24(33-14-21(20)18-5-2-1-3-6-18)35-26(38)22-15-34-25(16-32-22)36-11-8-19(9-12-36)27(39)40;;/h1-3,5-6,13-16,19,23H,4,7-12,17H2,(H,39,40)(H,33,35,38);2*1H. The molecule has 1 atom stereocenters. The second kappa shape index (κ2) is 14.1. The van der Waals surface area contributed by atoms with Gasteiger partial charge in [0.1, 0.15) is 23.4 Å². The van der Waals surface area contributed by atoms with Crippen LogP contribution in [0.1, 0.15) is 41.7 Å². The van der Waals surface area contributed by atoms with E-state index in [1.54, 1.807) is 12.3 Å². The molecule has 4 heterocycles. The third-order valence-electron chi connectivity index (χ3n) is 7.47. The Morgan fingerprint density at radius 3 is 2.29 bits per heavy atom. The highest BCUT2D eigenvalue weighted by Crippen LogP contribution is 2.35. The first-order valence-electron chi connectivity index (χ1n) is 13.2. The molecule has 14 heteroatoms. The van der Waals surface area contributed by atoms with Gasteiger partial charge in [-0.1, -0.05) is 30.3 Å². The number of aromatic nitrogens is 3. The predicted octanol–water partition coefficient (Wildman–Crippen LogP) is 5.46. The molecule has 42 heavy (non-hydrogen) atoms. The normalized spacial score (nSPS) is 17.7. The third kappa shape index (κ3) is 7.67. The van der Waals surface area contributed by atoms with E-state index in [2.05, 4.69) is 20.3 Å². The fourth-order valence-electron chi connectivity index (χ4n) is 5.32. The van der Waals surface area contributed by atoms with Gasteiger partial charge in [-0.25, -0.2) is 15.0 Å². The van der Waals surface area contributed by atoms with Crippen LogP contribution in [-0.2, 0) is 11.3 Å². The van der Waals surface area contributed by atoms with Gasteiger partial charge >= 0.3 is 12.1 Å². The van der Waals surface area contributed by atoms with Gasteiger partial charge in [-0.3, -0.25) is 14.5 Å². The molecular formula is C28H31Cl2F3N6O3. The monoisotopic (exact) mass is 626 g/mol. The summed E-state index contributed by atoms with van der Waals surface area (Å²) in [5.74, 6) is -0.970. The second-order valence-electron chi connectivity index (χ2n) is 10.1. The number of piperidine rings is 1. The van der Waals surface area contributed by atoms with Crippen LogP contribution in [0.5, 0.6) is 0 Å². The molecule has 2 N–H and O–H groups in total. The Morgan fingerprint density at radius 1 is 0.952 bits per heavy atom. The first kappa shape index (κ1) is 33.0. The van der Waals surface area contributed by atoms with E-state index in [4.69, 9.17) is 0 Å². The molecule has 2 aliphatic rings. The highest BCUT2D eigenvalue weighted by molar-refractivity contribution is 6.02. The number of halogens is 5. The van der Waals surface area contributed by atoms with Gasteiger partial charge in [-0.15, -0.1) is 24.8 Å². The molecular weight excluding hydrogens is 596 g/mol. The fourth-order valence-corrected chi connectivity index (χ4v) is 5.32. The number of carbonyl (C=O) groups is 2. The van der Waals surface area contributed by atoms with Crippen LogP contribution < -0.4 is 10.2 Å². The average Bonchev–Trinajstić information content (AvgIpc) is 3.43. The number of hydrogen-bond donors (Lipinski definition) is 2. The van der Waals surface area contributed by atoms with Crippen LogP contribution in [-0.4, -0.2) is 68.7 Å². The van der Waals surface area contributed by atoms with Gasteiger partial charge in [0.2, 0.25) is 0 Å². The van der Waals surface area contributed by atoms with Crippen molar-refractivity contribution < 1.29 is 27.9 Å². The number of nitrogens with zero attached hydrogens (tertiary/aromatic N) is 5. The predicted molar refractivity (Wildman–Crippen MR) is 156 cm³/mol. The van der Waals surface area contributed by atoms with Crippen molar-refractivity contribution in [1.82, 2.24) is 19.9 Å². The number of anilines is 2. The zero-order chi connectivity index (χ0) is 28.3. The topological polar surface area (TPSA) is 112 Å². The minimum atomic E-state index is -4.31. The number of nitrogens with one attached hydrogen (secondary N) is 1. The maximum absolute atomic E-state index is 13.6. The Balaban J connectivity index is 0.00000242. The van der Waals surface area contributed by atoms with E-state index in [-0.39, 0.29) is 55.2 Å². The number of hydrogen-bond acceptors (Lipinski definition) is 7. The minimum Gasteiger partial charge on any atom is -0.481 e. The Morgan fingerprint density at radius 2 is 1.67 bits per heavy atom. The molecule has 0 aliphatic carbocycles. The Bertz CT molecular complexity index is 1360. The summed E-state index contributed by atoms with van der Waals surface area (Å²) in [6.07, 6.45) is 1.60. The number of amides is 1. The van der Waals surface area contributed by atoms with E-state index in [1.165, 1.54) is 17.3 Å². The Hall–Kier alpha value is -3.48. The summed E-state index contributed by atoms with van der Waals surface area (Å²) in [6, 6.07) is 9.39. The van der Waals surface area contributed by atoms with Gasteiger partial charge in [0.15, 0.2) is 0 Å². The SMILES string of the molecule is Cl.Cl.O=C(Nc1cc(CN2CCCC2C(F)(F)F)c(-c2ccccc2)cn1)c1cnc(N2CCC(C(=O)O)CC2)cn1. The number of carboxylic acid groups (broad SMARTS) is 1. The summed E-state index contributed by atoms with van der Waals surface area (Å²) >= 11 is 0. The van der Waals surface area contributed by atoms with Crippen LogP contribution >= 0.6 is 24.8 Å². The molecule has 1 unspecified atom stereocenters. The van der Waals surface area contributed by atoms with E-state index in [1.807, 2.05) is 35.2 Å². The zero-order valence-electron chi connectivity index (χ0n) is 22.5. The molecule has 3 aromatic rings. The number of benzene rings is 1. The number of rotatable bonds is 7. The van der Waals surface area contributed by atoms with E-state index in [9.17, 15) is 27.9 Å². The lowest BCUT2D eigenvalue weighted by molar-refractivity contribution is -0.177. The molecule has 5 rings (SSSR count). The highest BCUT2D eigenvalue weighted by Gasteiger charge is 2.45. The molecule has 2 saturated heterocycles. The van der Waals surface area contributed by atoms with Crippen LogP contribution in [0.2, 0.25) is 0 Å². The van der Waals surface area contributed by atoms with Gasteiger partial charge < -0.3 is 15.3 Å². The average molecular weight is 627 g/mol. The summed E-state index contributed by atoms with van der Waals surface area (Å²) < 4.78 is 40.9. The zero-order valence-corrected chi connectivity index (χ0v) is 24.1. The summed E-state index contributed by atoms with van der Waals surface area (Å²) in [6.45, 7) is 1.46. The summed E-state index contributed by atoms with van der Waals surface area (Å²) in [5, 5.41) is 11.9. The second-order valence-corrected chi connectivity index (χ2v) is 10.1. The molecule has 1 amide bonds. The number of carbonyl (C=O) groups excluding carboxylic acids is 1. The lowest BCUT2D eigenvalue weighted by Crippen LogP contribution is -2.40. The van der Waals surface area contributed by atoms with Crippen molar-refractivity contribution in [2.24, 2.45) is 5.92 Å². The summed E-state index contributed by atoms with van der Waals surface area (Å²) in [7, 11) is 0. The van der Waals surface area contributed by atoms with Crippen molar-refractivity contribution in [1.29, 1.82) is 0 Å². The third-order valence-corrected chi connectivity index (χ3v) is 7.47. The first-order chi connectivity index (χ1) is 19.2. The van der Waals surface area contributed by atoms with Crippen molar-refractivity contribution in [3.8, 4) is 11.1 Å². The number of alkyl halides is 3. The molecule has 9 nitrogen and oxygen atoms in total. The lowest BCUT2D eigenvalue weighted by atomic mass is 9.97. The van der Waals surface area contributed by atoms with Crippen molar-refractivity contribution in [2.75, 3.05) is 29.9 Å². The molecule has 0 spiro atoms. The van der Waals surface area contributed by atoms with Crippen LogP contribution in [0.3, 0.4) is 0 Å². The quantitative estimate of drug-likeness (QED) is 0.355.